The summed E-state index contributed by atoms with van der Waals surface area (Å²) >= 11 is 0. The fraction of sp³-hybridized carbons (Fsp3) is 0.588. The summed E-state index contributed by atoms with van der Waals surface area (Å²) in [6.45, 7) is 8.14. The molecule has 3 N–H and O–H groups in total. The van der Waals surface area contributed by atoms with Crippen molar-refractivity contribution >= 4 is 5.91 Å². The highest BCUT2D eigenvalue weighted by Gasteiger charge is 2.12. The quantitative estimate of drug-likeness (QED) is 0.646. The molecule has 1 rings (SSSR count). The summed E-state index contributed by atoms with van der Waals surface area (Å²) in [7, 11) is 0. The van der Waals surface area contributed by atoms with E-state index in [0.29, 0.717) is 13.0 Å². The Balaban J connectivity index is 2.16. The highest BCUT2D eigenvalue weighted by Crippen LogP contribution is 2.04. The highest BCUT2D eigenvalue weighted by atomic mass is 16.2. The minimum atomic E-state index is -0.418. The van der Waals surface area contributed by atoms with Crippen molar-refractivity contribution in [1.82, 2.24) is 10.2 Å². The van der Waals surface area contributed by atoms with E-state index < -0.39 is 6.04 Å². The molecule has 0 spiro atoms. The van der Waals surface area contributed by atoms with Gasteiger partial charge in [-0.3, -0.25) is 4.79 Å². The van der Waals surface area contributed by atoms with Gasteiger partial charge in [-0.1, -0.05) is 44.2 Å². The Hall–Kier alpha value is -1.39. The van der Waals surface area contributed by atoms with Crippen molar-refractivity contribution in [2.45, 2.75) is 39.2 Å². The zero-order valence-corrected chi connectivity index (χ0v) is 13.3. The molecule has 1 unspecified atom stereocenters. The van der Waals surface area contributed by atoms with E-state index in [1.54, 1.807) is 0 Å². The lowest BCUT2D eigenvalue weighted by molar-refractivity contribution is -0.122. The summed E-state index contributed by atoms with van der Waals surface area (Å²) in [5.74, 6) is -0.0366. The highest BCUT2D eigenvalue weighted by molar-refractivity contribution is 5.81. The Bertz CT molecular complexity index is 390. The number of hydrogen-bond donors (Lipinski definition) is 2. The van der Waals surface area contributed by atoms with Crippen LogP contribution in [-0.4, -0.2) is 43.0 Å². The van der Waals surface area contributed by atoms with Crippen molar-refractivity contribution in [1.29, 1.82) is 0 Å². The maximum Gasteiger partial charge on any atom is 0.236 e. The van der Waals surface area contributed by atoms with Crippen molar-refractivity contribution in [2.24, 2.45) is 5.73 Å². The van der Waals surface area contributed by atoms with Crippen molar-refractivity contribution in [3.05, 3.63) is 35.9 Å². The lowest BCUT2D eigenvalue weighted by Crippen LogP contribution is -2.41. The topological polar surface area (TPSA) is 58.4 Å². The molecule has 0 heterocycles. The van der Waals surface area contributed by atoms with Crippen molar-refractivity contribution in [3.63, 3.8) is 0 Å². The van der Waals surface area contributed by atoms with E-state index >= 15 is 0 Å². The van der Waals surface area contributed by atoms with Gasteiger partial charge in [-0.15, -0.1) is 0 Å². The number of hydrogen-bond acceptors (Lipinski definition) is 3. The van der Waals surface area contributed by atoms with Crippen LogP contribution in [0.5, 0.6) is 0 Å². The van der Waals surface area contributed by atoms with Crippen molar-refractivity contribution < 1.29 is 4.79 Å². The number of nitrogens with zero attached hydrogens (tertiary/aromatic N) is 1. The van der Waals surface area contributed by atoms with Gasteiger partial charge in [-0.2, -0.15) is 0 Å². The molecular weight excluding hydrogens is 262 g/mol. The first-order valence-electron chi connectivity index (χ1n) is 7.97. The molecule has 0 aliphatic carbocycles. The Morgan fingerprint density at radius 3 is 2.52 bits per heavy atom. The monoisotopic (exact) mass is 291 g/mol. The van der Waals surface area contributed by atoms with E-state index in [1.807, 2.05) is 18.2 Å². The molecule has 0 aliphatic heterocycles. The molecule has 0 radical (unpaired) electrons. The number of carbonyl (C=O) groups is 1. The molecule has 4 nitrogen and oxygen atoms in total. The number of benzene rings is 1. The van der Waals surface area contributed by atoms with Crippen LogP contribution in [0.25, 0.3) is 0 Å². The third kappa shape index (κ3) is 7.25. The van der Waals surface area contributed by atoms with Gasteiger partial charge < -0.3 is 16.0 Å². The zero-order valence-electron chi connectivity index (χ0n) is 13.3. The summed E-state index contributed by atoms with van der Waals surface area (Å²) in [4.78, 5) is 14.2. The first-order chi connectivity index (χ1) is 10.2. The Morgan fingerprint density at radius 1 is 1.24 bits per heavy atom. The first-order valence-corrected chi connectivity index (χ1v) is 7.97. The largest absolute Gasteiger partial charge is 0.355 e. The number of amides is 1. The van der Waals surface area contributed by atoms with Crippen LogP contribution in [-0.2, 0) is 11.2 Å². The van der Waals surface area contributed by atoms with Gasteiger partial charge >= 0.3 is 0 Å². The van der Waals surface area contributed by atoms with E-state index in [9.17, 15) is 4.79 Å². The third-order valence-corrected chi connectivity index (χ3v) is 3.77. The fourth-order valence-corrected chi connectivity index (χ4v) is 2.28. The second-order valence-corrected chi connectivity index (χ2v) is 5.30. The van der Waals surface area contributed by atoms with Gasteiger partial charge in [-0.25, -0.2) is 0 Å². The summed E-state index contributed by atoms with van der Waals surface area (Å²) in [6, 6.07) is 9.72. The van der Waals surface area contributed by atoms with Gasteiger partial charge in [0.25, 0.3) is 0 Å². The van der Waals surface area contributed by atoms with E-state index in [0.717, 1.165) is 32.5 Å². The molecule has 0 saturated carbocycles. The van der Waals surface area contributed by atoms with Crippen LogP contribution < -0.4 is 11.1 Å². The minimum Gasteiger partial charge on any atom is -0.355 e. The van der Waals surface area contributed by atoms with Gasteiger partial charge in [0.05, 0.1) is 6.04 Å². The summed E-state index contributed by atoms with van der Waals surface area (Å²) in [5.41, 5.74) is 7.16. The molecule has 0 aromatic heterocycles. The number of aryl methyl sites for hydroxylation is 1. The smallest absolute Gasteiger partial charge is 0.236 e. The summed E-state index contributed by atoms with van der Waals surface area (Å²) < 4.78 is 0. The molecule has 21 heavy (non-hydrogen) atoms. The lowest BCUT2D eigenvalue weighted by atomic mass is 10.1. The predicted octanol–water partition coefficient (Wildman–Crippen LogP) is 1.79. The first kappa shape index (κ1) is 17.7. The molecule has 0 aliphatic rings. The molecule has 1 aromatic rings. The molecule has 0 bridgehead atoms. The van der Waals surface area contributed by atoms with Gasteiger partial charge in [0, 0.05) is 6.54 Å². The number of nitrogens with one attached hydrogen (secondary N) is 1. The van der Waals surface area contributed by atoms with Crippen LogP contribution in [0, 0.1) is 0 Å². The fourth-order valence-electron chi connectivity index (χ4n) is 2.28. The molecule has 0 saturated heterocycles. The Morgan fingerprint density at radius 2 is 1.90 bits per heavy atom. The molecule has 118 valence electrons. The molecule has 1 atom stereocenters. The number of nitrogens with two attached hydrogens (primary N) is 1. The van der Waals surface area contributed by atoms with E-state index in [-0.39, 0.29) is 5.91 Å². The number of carbonyl (C=O) groups excluding carboxylic acids is 1. The van der Waals surface area contributed by atoms with Gasteiger partial charge in [0.2, 0.25) is 5.91 Å². The standard InChI is InChI=1S/C17H29N3O/c1-3-20(4-2)14-8-13-19-17(21)16(18)12-11-15-9-6-5-7-10-15/h5-7,9-10,16H,3-4,8,11-14,18H2,1-2H3,(H,19,21). The van der Waals surface area contributed by atoms with Crippen molar-refractivity contribution in [3.8, 4) is 0 Å². The lowest BCUT2D eigenvalue weighted by Gasteiger charge is -2.18. The Labute approximate surface area is 128 Å². The molecule has 0 fully saturated rings. The normalized spacial score (nSPS) is 12.4. The van der Waals surface area contributed by atoms with Crippen LogP contribution in [0.3, 0.4) is 0 Å². The van der Waals surface area contributed by atoms with E-state index in [1.165, 1.54) is 5.56 Å². The second-order valence-electron chi connectivity index (χ2n) is 5.30. The van der Waals surface area contributed by atoms with Crippen molar-refractivity contribution in [2.75, 3.05) is 26.2 Å². The zero-order chi connectivity index (χ0) is 15.5. The Kier molecular flexibility index (Phi) is 8.71. The van der Waals surface area contributed by atoms with E-state index in [2.05, 4.69) is 36.2 Å². The minimum absolute atomic E-state index is 0.0366. The van der Waals surface area contributed by atoms with Gasteiger partial charge in [-0.05, 0) is 44.5 Å². The SMILES string of the molecule is CCN(CC)CCCNC(=O)C(N)CCc1ccccc1. The average molecular weight is 291 g/mol. The second kappa shape index (κ2) is 10.4. The molecule has 1 amide bonds. The van der Waals surface area contributed by atoms with E-state index in [4.69, 9.17) is 5.73 Å². The van der Waals surface area contributed by atoms with Crippen LogP contribution in [0.4, 0.5) is 0 Å². The van der Waals surface area contributed by atoms with Crippen LogP contribution in [0.2, 0.25) is 0 Å². The van der Waals surface area contributed by atoms with Gasteiger partial charge in [0.15, 0.2) is 0 Å². The third-order valence-electron chi connectivity index (χ3n) is 3.77. The summed E-state index contributed by atoms with van der Waals surface area (Å²) in [6.07, 6.45) is 2.50. The summed E-state index contributed by atoms with van der Waals surface area (Å²) in [5, 5.41) is 2.93. The molecule has 4 heteroatoms. The maximum atomic E-state index is 11.9. The van der Waals surface area contributed by atoms with Crippen LogP contribution in [0.1, 0.15) is 32.3 Å². The average Bonchev–Trinajstić information content (AvgIpc) is 2.53. The number of rotatable bonds is 10. The maximum absolute atomic E-state index is 11.9. The molecule has 1 aromatic carbocycles. The van der Waals surface area contributed by atoms with Crippen LogP contribution in [0.15, 0.2) is 30.3 Å². The van der Waals surface area contributed by atoms with Gasteiger partial charge in [0.1, 0.15) is 0 Å². The molecular formula is C17H29N3O. The van der Waals surface area contributed by atoms with Crippen LogP contribution >= 0.6 is 0 Å². The predicted molar refractivity (Wildman–Crippen MR) is 88.2 cm³/mol.